The van der Waals surface area contributed by atoms with Crippen molar-refractivity contribution in [3.63, 3.8) is 0 Å². The van der Waals surface area contributed by atoms with Crippen LogP contribution in [0.5, 0.6) is 0 Å². The molecule has 0 saturated carbocycles. The topological polar surface area (TPSA) is 60.9 Å². The number of primary amides is 1. The standard InChI is InChI=1S/C20H21N3O/c1-14(17-13-18(20(21)24)23(2)22-17)19(15-9-5-3-6-10-15)16-11-7-4-8-12-16/h3-14,19H,1-2H3,(H2,21,24). The van der Waals surface area contributed by atoms with Gasteiger partial charge in [-0.25, -0.2) is 0 Å². The summed E-state index contributed by atoms with van der Waals surface area (Å²) in [7, 11) is 1.75. The summed E-state index contributed by atoms with van der Waals surface area (Å²) >= 11 is 0. The second kappa shape index (κ2) is 6.71. The molecule has 1 heterocycles. The van der Waals surface area contributed by atoms with Crippen molar-refractivity contribution in [1.29, 1.82) is 0 Å². The summed E-state index contributed by atoms with van der Waals surface area (Å²) < 4.78 is 1.56. The molecule has 24 heavy (non-hydrogen) atoms. The van der Waals surface area contributed by atoms with Crippen molar-refractivity contribution in [3.05, 3.63) is 89.2 Å². The number of hydrogen-bond donors (Lipinski definition) is 1. The Kier molecular flexibility index (Phi) is 4.47. The number of benzene rings is 2. The van der Waals surface area contributed by atoms with E-state index in [0.29, 0.717) is 5.69 Å². The number of nitrogens with two attached hydrogens (primary N) is 1. The largest absolute Gasteiger partial charge is 0.364 e. The zero-order chi connectivity index (χ0) is 17.1. The Bertz CT molecular complexity index is 785. The second-order valence-corrected chi connectivity index (χ2v) is 6.03. The Morgan fingerprint density at radius 2 is 1.50 bits per heavy atom. The predicted octanol–water partition coefficient (Wildman–Crippen LogP) is 3.45. The van der Waals surface area contributed by atoms with Gasteiger partial charge in [0.25, 0.3) is 5.91 Å². The van der Waals surface area contributed by atoms with E-state index in [9.17, 15) is 4.79 Å². The van der Waals surface area contributed by atoms with Gasteiger partial charge in [0, 0.05) is 18.9 Å². The maximum absolute atomic E-state index is 11.5. The van der Waals surface area contributed by atoms with Gasteiger partial charge in [0.15, 0.2) is 0 Å². The Hall–Kier alpha value is -2.88. The minimum atomic E-state index is -0.459. The Labute approximate surface area is 141 Å². The fraction of sp³-hybridized carbons (Fsp3) is 0.200. The van der Waals surface area contributed by atoms with Gasteiger partial charge in [-0.05, 0) is 17.2 Å². The number of rotatable bonds is 5. The van der Waals surface area contributed by atoms with Gasteiger partial charge in [-0.1, -0.05) is 67.6 Å². The first kappa shape index (κ1) is 16.0. The normalized spacial score (nSPS) is 12.3. The molecule has 0 aliphatic rings. The second-order valence-electron chi connectivity index (χ2n) is 6.03. The molecule has 4 nitrogen and oxygen atoms in total. The van der Waals surface area contributed by atoms with Crippen LogP contribution in [0.2, 0.25) is 0 Å². The smallest absolute Gasteiger partial charge is 0.266 e. The molecule has 1 amide bonds. The highest BCUT2D eigenvalue weighted by atomic mass is 16.1. The maximum Gasteiger partial charge on any atom is 0.266 e. The molecule has 0 fully saturated rings. The van der Waals surface area contributed by atoms with E-state index < -0.39 is 5.91 Å². The van der Waals surface area contributed by atoms with Crippen LogP contribution in [0, 0.1) is 0 Å². The van der Waals surface area contributed by atoms with Crippen LogP contribution in [0.25, 0.3) is 0 Å². The third-order valence-corrected chi connectivity index (χ3v) is 4.44. The molecule has 0 aliphatic carbocycles. The van der Waals surface area contributed by atoms with Crippen molar-refractivity contribution in [2.24, 2.45) is 12.8 Å². The summed E-state index contributed by atoms with van der Waals surface area (Å²) in [6.07, 6.45) is 0. The highest BCUT2D eigenvalue weighted by Gasteiger charge is 2.25. The molecule has 1 aromatic heterocycles. The SMILES string of the molecule is CC(c1cc(C(N)=O)n(C)n1)C(c1ccccc1)c1ccccc1. The van der Waals surface area contributed by atoms with Gasteiger partial charge in [-0.15, -0.1) is 0 Å². The van der Waals surface area contributed by atoms with E-state index in [0.717, 1.165) is 5.69 Å². The Balaban J connectivity index is 2.06. The zero-order valence-corrected chi connectivity index (χ0v) is 13.9. The summed E-state index contributed by atoms with van der Waals surface area (Å²) in [5.41, 5.74) is 9.17. The number of carbonyl (C=O) groups is 1. The molecular weight excluding hydrogens is 298 g/mol. The van der Waals surface area contributed by atoms with Crippen molar-refractivity contribution >= 4 is 5.91 Å². The van der Waals surface area contributed by atoms with Crippen molar-refractivity contribution in [2.75, 3.05) is 0 Å². The molecule has 122 valence electrons. The van der Waals surface area contributed by atoms with E-state index in [2.05, 4.69) is 36.3 Å². The number of carbonyl (C=O) groups excluding carboxylic acids is 1. The maximum atomic E-state index is 11.5. The van der Waals surface area contributed by atoms with E-state index in [1.54, 1.807) is 17.8 Å². The van der Waals surface area contributed by atoms with Crippen LogP contribution < -0.4 is 5.73 Å². The lowest BCUT2D eigenvalue weighted by molar-refractivity contribution is 0.0991. The lowest BCUT2D eigenvalue weighted by Gasteiger charge is -2.24. The predicted molar refractivity (Wildman–Crippen MR) is 94.9 cm³/mol. The molecule has 4 heteroatoms. The van der Waals surface area contributed by atoms with Gasteiger partial charge < -0.3 is 5.73 Å². The fourth-order valence-electron chi connectivity index (χ4n) is 3.20. The monoisotopic (exact) mass is 319 g/mol. The summed E-state index contributed by atoms with van der Waals surface area (Å²) in [5.74, 6) is -0.198. The van der Waals surface area contributed by atoms with Crippen LogP contribution in [0.3, 0.4) is 0 Å². The first-order chi connectivity index (χ1) is 11.6. The molecule has 0 spiro atoms. The number of aromatic nitrogens is 2. The summed E-state index contributed by atoms with van der Waals surface area (Å²) in [6, 6.07) is 22.5. The Morgan fingerprint density at radius 1 is 1.00 bits per heavy atom. The van der Waals surface area contributed by atoms with Gasteiger partial charge in [0.2, 0.25) is 0 Å². The summed E-state index contributed by atoms with van der Waals surface area (Å²) in [4.78, 5) is 11.5. The third-order valence-electron chi connectivity index (χ3n) is 4.44. The third kappa shape index (κ3) is 3.08. The average molecular weight is 319 g/mol. The van der Waals surface area contributed by atoms with Gasteiger partial charge >= 0.3 is 0 Å². The fourth-order valence-corrected chi connectivity index (χ4v) is 3.20. The van der Waals surface area contributed by atoms with E-state index in [4.69, 9.17) is 5.73 Å². The van der Waals surface area contributed by atoms with E-state index in [1.165, 1.54) is 11.1 Å². The van der Waals surface area contributed by atoms with E-state index in [-0.39, 0.29) is 11.8 Å². The van der Waals surface area contributed by atoms with Crippen molar-refractivity contribution in [2.45, 2.75) is 18.8 Å². The van der Waals surface area contributed by atoms with E-state index >= 15 is 0 Å². The lowest BCUT2D eigenvalue weighted by atomic mass is 9.80. The number of amides is 1. The summed E-state index contributed by atoms with van der Waals surface area (Å²) in [5, 5.41) is 4.52. The van der Waals surface area contributed by atoms with Crippen LogP contribution in [0.4, 0.5) is 0 Å². The number of hydrogen-bond acceptors (Lipinski definition) is 2. The van der Waals surface area contributed by atoms with Crippen LogP contribution in [-0.2, 0) is 7.05 Å². The molecule has 0 saturated heterocycles. The molecule has 1 atom stereocenters. The average Bonchev–Trinajstić information content (AvgIpc) is 2.99. The molecule has 0 bridgehead atoms. The molecule has 2 aromatic carbocycles. The minimum absolute atomic E-state index is 0.106. The highest BCUT2D eigenvalue weighted by molar-refractivity contribution is 5.91. The highest BCUT2D eigenvalue weighted by Crippen LogP contribution is 2.37. The van der Waals surface area contributed by atoms with Crippen LogP contribution in [-0.4, -0.2) is 15.7 Å². The zero-order valence-electron chi connectivity index (χ0n) is 13.9. The van der Waals surface area contributed by atoms with Gasteiger partial charge in [-0.3, -0.25) is 9.48 Å². The summed E-state index contributed by atoms with van der Waals surface area (Å²) in [6.45, 7) is 2.14. The molecule has 0 radical (unpaired) electrons. The van der Waals surface area contributed by atoms with Crippen LogP contribution >= 0.6 is 0 Å². The van der Waals surface area contributed by atoms with Gasteiger partial charge in [-0.2, -0.15) is 5.10 Å². The van der Waals surface area contributed by atoms with Gasteiger partial charge in [0.05, 0.1) is 5.69 Å². The Morgan fingerprint density at radius 3 is 1.92 bits per heavy atom. The molecule has 3 aromatic rings. The minimum Gasteiger partial charge on any atom is -0.364 e. The first-order valence-electron chi connectivity index (χ1n) is 8.01. The van der Waals surface area contributed by atoms with Gasteiger partial charge in [0.1, 0.15) is 5.69 Å². The quantitative estimate of drug-likeness (QED) is 0.783. The molecule has 0 aliphatic heterocycles. The van der Waals surface area contributed by atoms with Crippen LogP contribution in [0.15, 0.2) is 66.7 Å². The number of nitrogens with zero attached hydrogens (tertiary/aromatic N) is 2. The van der Waals surface area contributed by atoms with Crippen molar-refractivity contribution < 1.29 is 4.79 Å². The molecule has 1 unspecified atom stereocenters. The molecule has 2 N–H and O–H groups in total. The van der Waals surface area contributed by atoms with Crippen molar-refractivity contribution in [3.8, 4) is 0 Å². The van der Waals surface area contributed by atoms with Crippen LogP contribution in [0.1, 0.15) is 46.1 Å². The van der Waals surface area contributed by atoms with Crippen molar-refractivity contribution in [1.82, 2.24) is 9.78 Å². The lowest BCUT2D eigenvalue weighted by Crippen LogP contribution is -2.15. The van der Waals surface area contributed by atoms with E-state index in [1.807, 2.05) is 36.4 Å². The first-order valence-corrected chi connectivity index (χ1v) is 8.01. The molecule has 3 rings (SSSR count). The molecular formula is C20H21N3O. The number of aryl methyl sites for hydroxylation is 1.